The van der Waals surface area contributed by atoms with E-state index in [1.807, 2.05) is 12.3 Å². The second kappa shape index (κ2) is 6.02. The molecule has 2 heterocycles. The molecule has 0 unspecified atom stereocenters. The number of hydrogen-bond acceptors (Lipinski definition) is 5. The molecule has 0 amide bonds. The van der Waals surface area contributed by atoms with Crippen LogP contribution in [0.5, 0.6) is 5.75 Å². The highest BCUT2D eigenvalue weighted by Gasteiger charge is 2.10. The summed E-state index contributed by atoms with van der Waals surface area (Å²) in [7, 11) is 0. The number of rotatable bonds is 4. The summed E-state index contributed by atoms with van der Waals surface area (Å²) in [6.45, 7) is 1.90. The van der Waals surface area contributed by atoms with Crippen molar-refractivity contribution in [2.45, 2.75) is 13.5 Å². The van der Waals surface area contributed by atoms with Crippen LogP contribution in [0.15, 0.2) is 34.4 Å². The van der Waals surface area contributed by atoms with E-state index < -0.39 is 5.97 Å². The molecule has 3 aromatic rings. The van der Waals surface area contributed by atoms with Gasteiger partial charge in [-0.2, -0.15) is 0 Å². The summed E-state index contributed by atoms with van der Waals surface area (Å²) in [4.78, 5) is 27.9. The maximum Gasteiger partial charge on any atom is 0.335 e. The summed E-state index contributed by atoms with van der Waals surface area (Å²) < 4.78 is 7.07. The van der Waals surface area contributed by atoms with Gasteiger partial charge in [0.05, 0.1) is 16.3 Å². The van der Waals surface area contributed by atoms with Crippen molar-refractivity contribution >= 4 is 33.9 Å². The van der Waals surface area contributed by atoms with Gasteiger partial charge in [0.15, 0.2) is 4.96 Å². The number of aryl methyl sites for hydroxylation is 1. The zero-order valence-electron chi connectivity index (χ0n) is 11.9. The second-order valence-corrected chi connectivity index (χ2v) is 6.06. The number of aromatic nitrogens is 2. The summed E-state index contributed by atoms with van der Waals surface area (Å²) in [5.74, 6) is -0.729. The van der Waals surface area contributed by atoms with E-state index in [1.54, 1.807) is 0 Å². The van der Waals surface area contributed by atoms with Crippen LogP contribution in [-0.2, 0) is 6.61 Å². The van der Waals surface area contributed by atoms with E-state index in [-0.39, 0.29) is 22.8 Å². The van der Waals surface area contributed by atoms with Gasteiger partial charge in [-0.05, 0) is 25.1 Å². The molecular formula is C15H11ClN2O4S. The van der Waals surface area contributed by atoms with Crippen LogP contribution in [0.4, 0.5) is 0 Å². The number of carboxylic acid groups (broad SMARTS) is 1. The molecule has 1 aromatic carbocycles. The highest BCUT2D eigenvalue weighted by atomic mass is 35.5. The van der Waals surface area contributed by atoms with Crippen LogP contribution in [-0.4, -0.2) is 20.5 Å². The molecule has 0 saturated carbocycles. The Balaban J connectivity index is 1.83. The van der Waals surface area contributed by atoms with Crippen molar-refractivity contribution in [2.24, 2.45) is 0 Å². The molecule has 0 saturated heterocycles. The molecule has 0 atom stereocenters. The zero-order chi connectivity index (χ0) is 16.6. The van der Waals surface area contributed by atoms with Crippen LogP contribution in [0.3, 0.4) is 0 Å². The van der Waals surface area contributed by atoms with Crippen LogP contribution in [0.1, 0.15) is 21.7 Å². The molecule has 0 aliphatic heterocycles. The number of aromatic carboxylic acids is 1. The normalized spacial score (nSPS) is 10.9. The number of carbonyl (C=O) groups is 1. The lowest BCUT2D eigenvalue weighted by atomic mass is 10.2. The first-order chi connectivity index (χ1) is 11.0. The fourth-order valence-corrected chi connectivity index (χ4v) is 3.20. The standard InChI is InChI=1S/C15H11ClN2O4S/c1-8-7-23-15-17-10(5-13(19)18(8)15)6-22-12-3-2-9(14(20)21)4-11(12)16/h2-5,7H,6H2,1H3,(H,20,21). The maximum atomic E-state index is 12.1. The van der Waals surface area contributed by atoms with Gasteiger partial charge in [-0.25, -0.2) is 9.78 Å². The molecular weight excluding hydrogens is 340 g/mol. The van der Waals surface area contributed by atoms with Gasteiger partial charge in [-0.1, -0.05) is 11.6 Å². The molecule has 2 aromatic heterocycles. The van der Waals surface area contributed by atoms with Crippen molar-refractivity contribution in [3.8, 4) is 5.75 Å². The van der Waals surface area contributed by atoms with Crippen molar-refractivity contribution in [3.05, 3.63) is 62.0 Å². The third-order valence-electron chi connectivity index (χ3n) is 3.18. The van der Waals surface area contributed by atoms with Crippen molar-refractivity contribution in [1.29, 1.82) is 0 Å². The molecule has 1 N–H and O–H groups in total. The van der Waals surface area contributed by atoms with E-state index in [2.05, 4.69) is 4.98 Å². The molecule has 0 aliphatic rings. The van der Waals surface area contributed by atoms with E-state index in [0.717, 1.165) is 5.69 Å². The number of benzene rings is 1. The second-order valence-electron chi connectivity index (χ2n) is 4.82. The van der Waals surface area contributed by atoms with Gasteiger partial charge in [0.1, 0.15) is 12.4 Å². The van der Waals surface area contributed by atoms with E-state index in [0.29, 0.717) is 16.4 Å². The average molecular weight is 351 g/mol. The molecule has 8 heteroatoms. The van der Waals surface area contributed by atoms with Crippen LogP contribution in [0, 0.1) is 6.92 Å². The molecule has 3 rings (SSSR count). The average Bonchev–Trinajstić information content (AvgIpc) is 2.87. The molecule has 0 bridgehead atoms. The fourth-order valence-electron chi connectivity index (χ4n) is 2.08. The number of nitrogens with zero attached hydrogens (tertiary/aromatic N) is 2. The monoisotopic (exact) mass is 350 g/mol. The van der Waals surface area contributed by atoms with Gasteiger partial charge in [0.2, 0.25) is 0 Å². The number of carboxylic acids is 1. The van der Waals surface area contributed by atoms with Crippen LogP contribution < -0.4 is 10.3 Å². The third kappa shape index (κ3) is 3.06. The maximum absolute atomic E-state index is 12.1. The van der Waals surface area contributed by atoms with Gasteiger partial charge < -0.3 is 9.84 Å². The quantitative estimate of drug-likeness (QED) is 0.782. The number of thiazole rings is 1. The zero-order valence-corrected chi connectivity index (χ0v) is 13.5. The first-order valence-electron chi connectivity index (χ1n) is 6.58. The minimum absolute atomic E-state index is 0.0643. The molecule has 0 aliphatic carbocycles. The summed E-state index contributed by atoms with van der Waals surface area (Å²) in [6.07, 6.45) is 0. The predicted molar refractivity (Wildman–Crippen MR) is 86.8 cm³/mol. The lowest BCUT2D eigenvalue weighted by molar-refractivity contribution is 0.0697. The molecule has 0 radical (unpaired) electrons. The summed E-state index contributed by atoms with van der Waals surface area (Å²) >= 11 is 7.37. The number of ether oxygens (including phenoxy) is 1. The number of halogens is 1. The summed E-state index contributed by atoms with van der Waals surface area (Å²) in [5, 5.41) is 10.9. The van der Waals surface area contributed by atoms with Crippen molar-refractivity contribution in [2.75, 3.05) is 0 Å². The Hall–Kier alpha value is -2.38. The van der Waals surface area contributed by atoms with Crippen LogP contribution in [0.25, 0.3) is 4.96 Å². The minimum atomic E-state index is -1.06. The Morgan fingerprint density at radius 3 is 2.91 bits per heavy atom. The summed E-state index contributed by atoms with van der Waals surface area (Å²) in [6, 6.07) is 5.60. The SMILES string of the molecule is Cc1csc2nc(COc3ccc(C(=O)O)cc3Cl)cc(=O)n12. The Morgan fingerprint density at radius 2 is 2.22 bits per heavy atom. The minimum Gasteiger partial charge on any atom is -0.486 e. The third-order valence-corrected chi connectivity index (χ3v) is 4.42. The Bertz CT molecular complexity index is 964. The largest absolute Gasteiger partial charge is 0.486 e. The highest BCUT2D eigenvalue weighted by molar-refractivity contribution is 7.15. The van der Waals surface area contributed by atoms with Crippen molar-refractivity contribution in [3.63, 3.8) is 0 Å². The smallest absolute Gasteiger partial charge is 0.335 e. The van der Waals surface area contributed by atoms with Crippen LogP contribution >= 0.6 is 22.9 Å². The van der Waals surface area contributed by atoms with Crippen molar-refractivity contribution in [1.82, 2.24) is 9.38 Å². The van der Waals surface area contributed by atoms with E-state index in [4.69, 9.17) is 21.4 Å². The molecule has 23 heavy (non-hydrogen) atoms. The lowest BCUT2D eigenvalue weighted by Gasteiger charge is -2.08. The first-order valence-corrected chi connectivity index (χ1v) is 7.84. The summed E-state index contributed by atoms with van der Waals surface area (Å²) in [5.41, 5.74) is 1.23. The number of hydrogen-bond donors (Lipinski definition) is 1. The topological polar surface area (TPSA) is 80.9 Å². The molecule has 118 valence electrons. The van der Waals surface area contributed by atoms with Gasteiger partial charge >= 0.3 is 5.97 Å². The van der Waals surface area contributed by atoms with Gasteiger partial charge in [-0.15, -0.1) is 11.3 Å². The van der Waals surface area contributed by atoms with E-state index in [1.165, 1.54) is 40.0 Å². The fraction of sp³-hybridized carbons (Fsp3) is 0.133. The van der Waals surface area contributed by atoms with E-state index >= 15 is 0 Å². The van der Waals surface area contributed by atoms with Gasteiger partial charge in [-0.3, -0.25) is 9.20 Å². The molecule has 6 nitrogen and oxygen atoms in total. The van der Waals surface area contributed by atoms with E-state index in [9.17, 15) is 9.59 Å². The Morgan fingerprint density at radius 1 is 1.43 bits per heavy atom. The lowest BCUT2D eigenvalue weighted by Crippen LogP contribution is -2.16. The molecule has 0 fully saturated rings. The van der Waals surface area contributed by atoms with Crippen LogP contribution in [0.2, 0.25) is 5.02 Å². The first kappa shape index (κ1) is 15.5. The Labute approximate surface area is 139 Å². The Kier molecular flexibility index (Phi) is 4.06. The van der Waals surface area contributed by atoms with Gasteiger partial charge in [0.25, 0.3) is 5.56 Å². The number of fused-ring (bicyclic) bond motifs is 1. The molecule has 0 spiro atoms. The van der Waals surface area contributed by atoms with Gasteiger partial charge in [0, 0.05) is 17.1 Å². The van der Waals surface area contributed by atoms with Crippen molar-refractivity contribution < 1.29 is 14.6 Å². The predicted octanol–water partition coefficient (Wildman–Crippen LogP) is 3.00. The highest BCUT2D eigenvalue weighted by Crippen LogP contribution is 2.26.